The minimum Gasteiger partial charge on any atom is -0.467 e. The molecule has 2 aromatic heterocycles. The Bertz CT molecular complexity index is 614. The maximum atomic E-state index is 12.3. The van der Waals surface area contributed by atoms with E-state index in [-0.39, 0.29) is 24.0 Å². The average Bonchev–Trinajstić information content (AvgIpc) is 3.07. The van der Waals surface area contributed by atoms with Crippen molar-refractivity contribution >= 4 is 6.03 Å². The molecule has 0 saturated carbocycles. The Morgan fingerprint density at radius 1 is 1.21 bits per heavy atom. The fourth-order valence-corrected chi connectivity index (χ4v) is 2.60. The number of urea groups is 1. The van der Waals surface area contributed by atoms with Crippen LogP contribution in [-0.4, -0.2) is 22.2 Å². The van der Waals surface area contributed by atoms with Gasteiger partial charge < -0.3 is 20.2 Å². The summed E-state index contributed by atoms with van der Waals surface area (Å²) < 4.78 is 5.17. The van der Waals surface area contributed by atoms with Crippen LogP contribution in [0.25, 0.3) is 0 Å². The maximum absolute atomic E-state index is 12.3. The number of aliphatic hydroxyl groups excluding tert-OH is 1. The molecule has 6 heteroatoms. The van der Waals surface area contributed by atoms with E-state index in [1.54, 1.807) is 24.5 Å². The molecule has 0 aliphatic heterocycles. The van der Waals surface area contributed by atoms with Crippen molar-refractivity contribution in [2.45, 2.75) is 45.4 Å². The number of carbonyl (C=O) groups is 1. The van der Waals surface area contributed by atoms with Crippen molar-refractivity contribution in [1.82, 2.24) is 15.6 Å². The molecule has 2 aromatic rings. The van der Waals surface area contributed by atoms with E-state index in [1.165, 1.54) is 6.26 Å². The van der Waals surface area contributed by atoms with Crippen LogP contribution in [0.5, 0.6) is 0 Å². The monoisotopic (exact) mass is 331 g/mol. The van der Waals surface area contributed by atoms with Crippen molar-refractivity contribution in [2.24, 2.45) is 5.92 Å². The molecule has 2 amide bonds. The predicted molar refractivity (Wildman–Crippen MR) is 91.2 cm³/mol. The number of aliphatic hydroxyl groups is 1. The molecule has 0 unspecified atom stereocenters. The van der Waals surface area contributed by atoms with E-state index in [2.05, 4.69) is 29.5 Å². The van der Waals surface area contributed by atoms with E-state index in [9.17, 15) is 9.90 Å². The lowest BCUT2D eigenvalue weighted by Crippen LogP contribution is -2.44. The molecule has 130 valence electrons. The zero-order valence-electron chi connectivity index (χ0n) is 14.3. The molecule has 2 rings (SSSR count). The first kappa shape index (κ1) is 18.0. The van der Waals surface area contributed by atoms with Crippen molar-refractivity contribution in [1.29, 1.82) is 0 Å². The Labute approximate surface area is 142 Å². The summed E-state index contributed by atoms with van der Waals surface area (Å²) in [4.78, 5) is 16.3. The maximum Gasteiger partial charge on any atom is 0.315 e. The number of rotatable bonds is 7. The summed E-state index contributed by atoms with van der Waals surface area (Å²) in [6.45, 7) is 5.95. The zero-order chi connectivity index (χ0) is 17.5. The smallest absolute Gasteiger partial charge is 0.315 e. The zero-order valence-corrected chi connectivity index (χ0v) is 14.3. The molecule has 3 atom stereocenters. The Morgan fingerprint density at radius 3 is 2.50 bits per heavy atom. The number of hydrogen-bond donors (Lipinski definition) is 3. The van der Waals surface area contributed by atoms with Gasteiger partial charge in [0.1, 0.15) is 11.9 Å². The number of nitrogens with one attached hydrogen (secondary N) is 2. The minimum absolute atomic E-state index is 0.102. The van der Waals surface area contributed by atoms with E-state index in [0.717, 1.165) is 5.56 Å². The molecular weight excluding hydrogens is 306 g/mol. The van der Waals surface area contributed by atoms with Gasteiger partial charge in [0.25, 0.3) is 0 Å². The highest BCUT2D eigenvalue weighted by Crippen LogP contribution is 2.21. The van der Waals surface area contributed by atoms with Crippen LogP contribution >= 0.6 is 0 Å². The quantitative estimate of drug-likeness (QED) is 0.727. The number of furan rings is 1. The van der Waals surface area contributed by atoms with Gasteiger partial charge in [-0.25, -0.2) is 4.79 Å². The van der Waals surface area contributed by atoms with Crippen molar-refractivity contribution < 1.29 is 14.3 Å². The van der Waals surface area contributed by atoms with Gasteiger partial charge in [0.05, 0.1) is 12.3 Å². The first-order valence-electron chi connectivity index (χ1n) is 8.15. The second kappa shape index (κ2) is 8.49. The number of hydrogen-bond acceptors (Lipinski definition) is 4. The summed E-state index contributed by atoms with van der Waals surface area (Å²) in [6.07, 6.45) is 4.59. The molecule has 0 aliphatic rings. The van der Waals surface area contributed by atoms with Gasteiger partial charge in [0.15, 0.2) is 0 Å². The van der Waals surface area contributed by atoms with Crippen LogP contribution in [0.4, 0.5) is 4.79 Å². The standard InChI is InChI=1S/C18H25N3O3/c1-12(2)17(14-6-8-19-9-7-14)21-18(23)20-13(3)11-15(22)16-5-4-10-24-16/h4-10,12-13,15,17,22H,11H2,1-3H3,(H2,20,21,23)/t13-,15-,17-/m1/s1. The van der Waals surface area contributed by atoms with Crippen molar-refractivity contribution in [3.63, 3.8) is 0 Å². The van der Waals surface area contributed by atoms with E-state index >= 15 is 0 Å². The van der Waals surface area contributed by atoms with Gasteiger partial charge in [-0.3, -0.25) is 4.98 Å². The molecule has 0 radical (unpaired) electrons. The van der Waals surface area contributed by atoms with Gasteiger partial charge >= 0.3 is 6.03 Å². The summed E-state index contributed by atoms with van der Waals surface area (Å²) in [5.74, 6) is 0.739. The van der Waals surface area contributed by atoms with Gasteiger partial charge in [0, 0.05) is 24.9 Å². The fourth-order valence-electron chi connectivity index (χ4n) is 2.60. The molecule has 0 spiro atoms. The number of pyridine rings is 1. The second-order valence-electron chi connectivity index (χ2n) is 6.29. The lowest BCUT2D eigenvalue weighted by atomic mass is 9.97. The number of aromatic nitrogens is 1. The largest absolute Gasteiger partial charge is 0.467 e. The van der Waals surface area contributed by atoms with Crippen LogP contribution in [0.2, 0.25) is 0 Å². The molecule has 0 fully saturated rings. The molecule has 0 saturated heterocycles. The van der Waals surface area contributed by atoms with Crippen LogP contribution < -0.4 is 10.6 Å². The Kier molecular flexibility index (Phi) is 6.37. The van der Waals surface area contributed by atoms with Gasteiger partial charge in [-0.2, -0.15) is 0 Å². The van der Waals surface area contributed by atoms with Crippen molar-refractivity contribution in [2.75, 3.05) is 0 Å². The van der Waals surface area contributed by atoms with E-state index in [4.69, 9.17) is 4.42 Å². The molecule has 6 nitrogen and oxygen atoms in total. The molecule has 2 heterocycles. The highest BCUT2D eigenvalue weighted by atomic mass is 16.4. The highest BCUT2D eigenvalue weighted by molar-refractivity contribution is 5.74. The fraction of sp³-hybridized carbons (Fsp3) is 0.444. The van der Waals surface area contributed by atoms with Gasteiger partial charge in [-0.15, -0.1) is 0 Å². The van der Waals surface area contributed by atoms with Crippen molar-refractivity contribution in [3.05, 3.63) is 54.2 Å². The van der Waals surface area contributed by atoms with Crippen LogP contribution in [0.1, 0.15) is 50.7 Å². The summed E-state index contributed by atoms with van der Waals surface area (Å²) in [5.41, 5.74) is 1.01. The summed E-state index contributed by atoms with van der Waals surface area (Å²) in [5, 5.41) is 15.9. The Morgan fingerprint density at radius 2 is 1.92 bits per heavy atom. The normalized spacial score (nSPS) is 14.9. The topological polar surface area (TPSA) is 87.4 Å². The molecule has 0 aliphatic carbocycles. The third kappa shape index (κ3) is 5.09. The third-order valence-corrected chi connectivity index (χ3v) is 3.84. The van der Waals surface area contributed by atoms with E-state index in [1.807, 2.05) is 19.1 Å². The second-order valence-corrected chi connectivity index (χ2v) is 6.29. The van der Waals surface area contributed by atoms with Gasteiger partial charge in [-0.05, 0) is 42.7 Å². The van der Waals surface area contributed by atoms with Crippen molar-refractivity contribution in [3.8, 4) is 0 Å². The van der Waals surface area contributed by atoms with Gasteiger partial charge in [0.2, 0.25) is 0 Å². The van der Waals surface area contributed by atoms with Gasteiger partial charge in [-0.1, -0.05) is 13.8 Å². The van der Waals surface area contributed by atoms with Crippen LogP contribution in [0, 0.1) is 5.92 Å². The van der Waals surface area contributed by atoms with Crippen LogP contribution in [0.3, 0.4) is 0 Å². The van der Waals surface area contributed by atoms with E-state index in [0.29, 0.717) is 12.2 Å². The summed E-state index contributed by atoms with van der Waals surface area (Å²) in [6, 6.07) is 6.68. The molecule has 0 aromatic carbocycles. The lowest BCUT2D eigenvalue weighted by molar-refractivity contribution is 0.129. The Balaban J connectivity index is 1.88. The lowest BCUT2D eigenvalue weighted by Gasteiger charge is -2.24. The predicted octanol–water partition coefficient (Wildman–Crippen LogP) is 3.18. The molecule has 0 bridgehead atoms. The van der Waals surface area contributed by atoms with Crippen LogP contribution in [-0.2, 0) is 0 Å². The number of carbonyl (C=O) groups excluding carboxylic acids is 1. The SMILES string of the molecule is CC(C)[C@@H](NC(=O)N[C@H](C)C[C@@H](O)c1ccco1)c1ccncc1. The first-order chi connectivity index (χ1) is 11.5. The summed E-state index contributed by atoms with van der Waals surface area (Å²) >= 11 is 0. The Hall–Kier alpha value is -2.34. The highest BCUT2D eigenvalue weighted by Gasteiger charge is 2.20. The average molecular weight is 331 g/mol. The molecular formula is C18H25N3O3. The van der Waals surface area contributed by atoms with E-state index < -0.39 is 6.10 Å². The minimum atomic E-state index is -0.739. The third-order valence-electron chi connectivity index (χ3n) is 3.84. The van der Waals surface area contributed by atoms with Crippen LogP contribution in [0.15, 0.2) is 47.3 Å². The molecule has 3 N–H and O–H groups in total. The number of nitrogens with zero attached hydrogens (tertiary/aromatic N) is 1. The summed E-state index contributed by atoms with van der Waals surface area (Å²) in [7, 11) is 0. The first-order valence-corrected chi connectivity index (χ1v) is 8.15. The number of amides is 2. The molecule has 24 heavy (non-hydrogen) atoms.